The molecule has 0 unspecified atom stereocenters. The molecule has 1 amide bonds. The van der Waals surface area contributed by atoms with E-state index in [0.717, 1.165) is 0 Å². The number of halogens is 1. The zero-order chi connectivity index (χ0) is 21.0. The van der Waals surface area contributed by atoms with Gasteiger partial charge in [0.25, 0.3) is 0 Å². The number of amides is 1. The Morgan fingerprint density at radius 2 is 2.07 bits per heavy atom. The van der Waals surface area contributed by atoms with E-state index in [2.05, 4.69) is 10.3 Å². The fourth-order valence-electron chi connectivity index (χ4n) is 3.66. The molecule has 7 nitrogen and oxygen atoms in total. The maximum atomic E-state index is 13.4. The van der Waals surface area contributed by atoms with Gasteiger partial charge in [0.05, 0.1) is 11.7 Å². The molecule has 0 aliphatic carbocycles. The van der Waals surface area contributed by atoms with E-state index in [1.54, 1.807) is 29.1 Å². The Morgan fingerprint density at radius 3 is 2.69 bits per heavy atom. The van der Waals surface area contributed by atoms with Crippen LogP contribution in [0.3, 0.4) is 0 Å². The Labute approximate surface area is 171 Å². The van der Waals surface area contributed by atoms with Crippen molar-refractivity contribution in [1.29, 1.82) is 0 Å². The highest BCUT2D eigenvalue weighted by Crippen LogP contribution is 2.24. The maximum absolute atomic E-state index is 13.4. The first-order valence-corrected chi connectivity index (χ1v) is 11.4. The summed E-state index contributed by atoms with van der Waals surface area (Å²) in [5.41, 5.74) is 0.709. The smallest absolute Gasteiger partial charge is 0.225 e. The first-order valence-electron chi connectivity index (χ1n) is 9.82. The van der Waals surface area contributed by atoms with Crippen molar-refractivity contribution in [2.24, 2.45) is 13.0 Å². The molecule has 0 bridgehead atoms. The Hall–Kier alpha value is -2.26. The van der Waals surface area contributed by atoms with E-state index in [1.165, 1.54) is 16.4 Å². The second-order valence-corrected chi connectivity index (χ2v) is 9.49. The number of hydrogen-bond donors (Lipinski definition) is 1. The number of piperidine rings is 1. The number of sulfonamides is 1. The van der Waals surface area contributed by atoms with Gasteiger partial charge in [0, 0.05) is 32.5 Å². The number of carbonyl (C=O) groups is 1. The van der Waals surface area contributed by atoms with Crippen LogP contribution in [0.1, 0.15) is 43.6 Å². The van der Waals surface area contributed by atoms with Gasteiger partial charge in [-0.15, -0.1) is 0 Å². The number of nitrogens with zero attached hydrogens (tertiary/aromatic N) is 3. The van der Waals surface area contributed by atoms with E-state index in [1.807, 2.05) is 14.0 Å². The van der Waals surface area contributed by atoms with Crippen molar-refractivity contribution in [3.8, 4) is 0 Å². The van der Waals surface area contributed by atoms with Crippen LogP contribution in [0, 0.1) is 11.7 Å². The summed E-state index contributed by atoms with van der Waals surface area (Å²) in [4.78, 5) is 17.4. The third kappa shape index (κ3) is 5.02. The molecule has 3 rings (SSSR count). The van der Waals surface area contributed by atoms with Crippen molar-refractivity contribution >= 4 is 15.9 Å². The predicted molar refractivity (Wildman–Crippen MR) is 108 cm³/mol. The minimum Gasteiger partial charge on any atom is -0.342 e. The lowest BCUT2D eigenvalue weighted by atomic mass is 9.97. The molecule has 2 aromatic rings. The van der Waals surface area contributed by atoms with E-state index in [9.17, 15) is 17.6 Å². The van der Waals surface area contributed by atoms with Crippen LogP contribution in [0.25, 0.3) is 0 Å². The molecule has 158 valence electrons. The highest BCUT2D eigenvalue weighted by Gasteiger charge is 2.33. The highest BCUT2D eigenvalue weighted by molar-refractivity contribution is 7.89. The zero-order valence-corrected chi connectivity index (χ0v) is 17.5. The highest BCUT2D eigenvalue weighted by atomic mass is 32.2. The van der Waals surface area contributed by atoms with Crippen LogP contribution in [0.4, 0.5) is 4.39 Å². The van der Waals surface area contributed by atoms with E-state index in [-0.39, 0.29) is 24.0 Å². The molecule has 1 N–H and O–H groups in total. The molecule has 2 heterocycles. The van der Waals surface area contributed by atoms with Crippen molar-refractivity contribution in [3.05, 3.63) is 53.9 Å². The Morgan fingerprint density at radius 1 is 1.34 bits per heavy atom. The van der Waals surface area contributed by atoms with Gasteiger partial charge in [0.15, 0.2) is 0 Å². The summed E-state index contributed by atoms with van der Waals surface area (Å²) < 4.78 is 41.4. The standard InChI is InChI=1S/C20H27FN4O3S/c1-3-13-29(27,28)25-11-4-5-16(14-25)20(26)23-18(19-22-10-12-24(19)2)15-6-8-17(21)9-7-15/h6-10,12,16,18H,3-5,11,13-14H2,1-2H3,(H,23,26)/t16-,18+/m0/s1. The summed E-state index contributed by atoms with van der Waals surface area (Å²) in [6, 6.07) is 5.38. The molecule has 1 fully saturated rings. The molecule has 9 heteroatoms. The summed E-state index contributed by atoms with van der Waals surface area (Å²) in [5.74, 6) is -0.302. The lowest BCUT2D eigenvalue weighted by Gasteiger charge is -2.32. The topological polar surface area (TPSA) is 84.3 Å². The number of rotatable bonds is 7. The van der Waals surface area contributed by atoms with Crippen LogP contribution in [0.5, 0.6) is 0 Å². The molecule has 29 heavy (non-hydrogen) atoms. The normalized spacial score (nSPS) is 19.1. The molecular formula is C20H27FN4O3S. The number of carbonyl (C=O) groups excluding carboxylic acids is 1. The summed E-state index contributed by atoms with van der Waals surface area (Å²) in [5, 5.41) is 3.00. The van der Waals surface area contributed by atoms with E-state index in [0.29, 0.717) is 37.2 Å². The number of nitrogens with one attached hydrogen (secondary N) is 1. The van der Waals surface area contributed by atoms with Gasteiger partial charge in [0.1, 0.15) is 17.7 Å². The van der Waals surface area contributed by atoms with Crippen molar-refractivity contribution in [2.75, 3.05) is 18.8 Å². The molecule has 1 aliphatic rings. The lowest BCUT2D eigenvalue weighted by Crippen LogP contribution is -2.46. The molecule has 1 aromatic heterocycles. The molecule has 0 saturated carbocycles. The third-order valence-corrected chi connectivity index (χ3v) is 7.26. The van der Waals surface area contributed by atoms with Gasteiger partial charge in [-0.05, 0) is 37.0 Å². The Kier molecular flexibility index (Phi) is 6.69. The number of benzene rings is 1. The Bertz CT molecular complexity index is 943. The molecule has 1 aromatic carbocycles. The van der Waals surface area contributed by atoms with Gasteiger partial charge in [-0.1, -0.05) is 19.1 Å². The van der Waals surface area contributed by atoms with Crippen LogP contribution in [-0.4, -0.2) is 47.0 Å². The fraction of sp³-hybridized carbons (Fsp3) is 0.500. The second-order valence-electron chi connectivity index (χ2n) is 7.40. The Balaban J connectivity index is 1.80. The molecular weight excluding hydrogens is 395 g/mol. The zero-order valence-electron chi connectivity index (χ0n) is 16.7. The van der Waals surface area contributed by atoms with Crippen LogP contribution in [-0.2, 0) is 21.9 Å². The number of imidazole rings is 1. The van der Waals surface area contributed by atoms with E-state index < -0.39 is 22.0 Å². The molecule has 0 spiro atoms. The number of hydrogen-bond acceptors (Lipinski definition) is 4. The average molecular weight is 423 g/mol. The monoisotopic (exact) mass is 422 g/mol. The predicted octanol–water partition coefficient (Wildman–Crippen LogP) is 2.22. The quantitative estimate of drug-likeness (QED) is 0.742. The van der Waals surface area contributed by atoms with E-state index >= 15 is 0 Å². The second kappa shape index (κ2) is 9.04. The molecule has 1 aliphatic heterocycles. The van der Waals surface area contributed by atoms with E-state index in [4.69, 9.17) is 0 Å². The van der Waals surface area contributed by atoms with Gasteiger partial charge >= 0.3 is 0 Å². The minimum absolute atomic E-state index is 0.0901. The summed E-state index contributed by atoms with van der Waals surface area (Å²) in [6.07, 6.45) is 5.22. The van der Waals surface area contributed by atoms with Gasteiger partial charge < -0.3 is 9.88 Å². The summed E-state index contributed by atoms with van der Waals surface area (Å²) in [6.45, 7) is 2.46. The van der Waals surface area contributed by atoms with Gasteiger partial charge in [-0.2, -0.15) is 0 Å². The van der Waals surface area contributed by atoms with Crippen molar-refractivity contribution in [2.45, 2.75) is 32.2 Å². The SMILES string of the molecule is CCCS(=O)(=O)N1CCC[C@H](C(=O)N[C@H](c2ccc(F)cc2)c2nccn2C)C1. The molecule has 0 radical (unpaired) electrons. The van der Waals surface area contributed by atoms with Gasteiger partial charge in [-0.3, -0.25) is 4.79 Å². The van der Waals surface area contributed by atoms with Crippen LogP contribution < -0.4 is 5.32 Å². The third-order valence-electron chi connectivity index (χ3n) is 5.22. The van der Waals surface area contributed by atoms with Crippen molar-refractivity contribution in [1.82, 2.24) is 19.2 Å². The first-order chi connectivity index (χ1) is 13.8. The van der Waals surface area contributed by atoms with Crippen molar-refractivity contribution < 1.29 is 17.6 Å². The maximum Gasteiger partial charge on any atom is 0.225 e. The lowest BCUT2D eigenvalue weighted by molar-refractivity contribution is -0.126. The molecule has 1 saturated heterocycles. The van der Waals surface area contributed by atoms with Gasteiger partial charge in [0.2, 0.25) is 15.9 Å². The average Bonchev–Trinajstić information content (AvgIpc) is 3.12. The summed E-state index contributed by atoms with van der Waals surface area (Å²) >= 11 is 0. The van der Waals surface area contributed by atoms with Crippen LogP contribution in [0.15, 0.2) is 36.7 Å². The molecule has 2 atom stereocenters. The fourth-order valence-corrected chi connectivity index (χ4v) is 5.25. The first kappa shape index (κ1) is 21.4. The van der Waals surface area contributed by atoms with Gasteiger partial charge in [-0.25, -0.2) is 22.1 Å². The number of aromatic nitrogens is 2. The summed E-state index contributed by atoms with van der Waals surface area (Å²) in [7, 11) is -1.52. The van der Waals surface area contributed by atoms with Crippen LogP contribution in [0.2, 0.25) is 0 Å². The van der Waals surface area contributed by atoms with Crippen molar-refractivity contribution in [3.63, 3.8) is 0 Å². The minimum atomic E-state index is -3.34. The van der Waals surface area contributed by atoms with Crippen LogP contribution >= 0.6 is 0 Å². The number of aryl methyl sites for hydroxylation is 1. The largest absolute Gasteiger partial charge is 0.342 e.